The molecular formula is C15H12ClFN2O2. The molecule has 0 saturated carbocycles. The summed E-state index contributed by atoms with van der Waals surface area (Å²) in [6.07, 6.45) is 0. The highest BCUT2D eigenvalue weighted by molar-refractivity contribution is 6.30. The van der Waals surface area contributed by atoms with E-state index in [1.807, 2.05) is 0 Å². The standard InChI is InChI=1S/C15H12ClFN2O2/c16-10-2-1-9(12(17)5-10)7-19-13-4-3-11(18)6-14(13)21-8-15(19)20/h1-6H,7-8,18H2. The monoisotopic (exact) mass is 306 g/mol. The van der Waals surface area contributed by atoms with Crippen LogP contribution in [0.3, 0.4) is 0 Å². The van der Waals surface area contributed by atoms with Crippen molar-refractivity contribution in [3.05, 3.63) is 52.8 Å². The SMILES string of the molecule is Nc1ccc2c(c1)OCC(=O)N2Cc1ccc(Cl)cc1F. The maximum absolute atomic E-state index is 13.9. The van der Waals surface area contributed by atoms with Crippen LogP contribution in [0, 0.1) is 5.82 Å². The van der Waals surface area contributed by atoms with Crippen molar-refractivity contribution in [2.75, 3.05) is 17.2 Å². The zero-order chi connectivity index (χ0) is 15.0. The van der Waals surface area contributed by atoms with Crippen LogP contribution in [-0.2, 0) is 11.3 Å². The molecule has 0 saturated heterocycles. The number of hydrogen-bond acceptors (Lipinski definition) is 3. The van der Waals surface area contributed by atoms with Crippen LogP contribution in [-0.4, -0.2) is 12.5 Å². The summed E-state index contributed by atoms with van der Waals surface area (Å²) in [5.74, 6) is -0.163. The zero-order valence-electron chi connectivity index (χ0n) is 11.0. The second kappa shape index (κ2) is 5.26. The van der Waals surface area contributed by atoms with Crippen LogP contribution >= 0.6 is 11.6 Å². The number of carbonyl (C=O) groups excluding carboxylic acids is 1. The second-order valence-electron chi connectivity index (χ2n) is 4.73. The Bertz CT molecular complexity index is 721. The molecule has 2 aromatic rings. The summed E-state index contributed by atoms with van der Waals surface area (Å²) in [6, 6.07) is 9.40. The highest BCUT2D eigenvalue weighted by Crippen LogP contribution is 2.35. The lowest BCUT2D eigenvalue weighted by Crippen LogP contribution is -2.38. The lowest BCUT2D eigenvalue weighted by Gasteiger charge is -2.29. The number of nitrogens with zero attached hydrogens (tertiary/aromatic N) is 1. The van der Waals surface area contributed by atoms with Crippen molar-refractivity contribution in [1.82, 2.24) is 0 Å². The summed E-state index contributed by atoms with van der Waals surface area (Å²) in [6.45, 7) is 0.0216. The molecule has 1 heterocycles. The molecule has 0 atom stereocenters. The third-order valence-corrected chi connectivity index (χ3v) is 3.51. The molecule has 0 radical (unpaired) electrons. The van der Waals surface area contributed by atoms with Crippen molar-refractivity contribution in [3.8, 4) is 5.75 Å². The van der Waals surface area contributed by atoms with E-state index < -0.39 is 5.82 Å². The fourth-order valence-corrected chi connectivity index (χ4v) is 2.37. The van der Waals surface area contributed by atoms with Crippen molar-refractivity contribution in [2.24, 2.45) is 0 Å². The minimum Gasteiger partial charge on any atom is -0.481 e. The first-order valence-corrected chi connectivity index (χ1v) is 6.69. The first-order valence-electron chi connectivity index (χ1n) is 6.31. The van der Waals surface area contributed by atoms with Gasteiger partial charge in [0, 0.05) is 22.3 Å². The van der Waals surface area contributed by atoms with Crippen molar-refractivity contribution < 1.29 is 13.9 Å². The van der Waals surface area contributed by atoms with E-state index in [9.17, 15) is 9.18 Å². The van der Waals surface area contributed by atoms with Crippen LogP contribution in [0.5, 0.6) is 5.75 Å². The molecule has 0 aromatic heterocycles. The topological polar surface area (TPSA) is 55.6 Å². The largest absolute Gasteiger partial charge is 0.481 e. The Morgan fingerprint density at radius 1 is 1.29 bits per heavy atom. The molecule has 6 heteroatoms. The molecule has 1 aliphatic heterocycles. The van der Waals surface area contributed by atoms with E-state index in [2.05, 4.69) is 0 Å². The highest BCUT2D eigenvalue weighted by atomic mass is 35.5. The maximum atomic E-state index is 13.9. The second-order valence-corrected chi connectivity index (χ2v) is 5.17. The van der Waals surface area contributed by atoms with E-state index in [1.165, 1.54) is 11.0 Å². The molecule has 2 N–H and O–H groups in total. The van der Waals surface area contributed by atoms with Crippen LogP contribution in [0.1, 0.15) is 5.56 Å². The maximum Gasteiger partial charge on any atom is 0.265 e. The first-order chi connectivity index (χ1) is 10.0. The molecule has 0 aliphatic carbocycles. The van der Waals surface area contributed by atoms with Gasteiger partial charge in [-0.25, -0.2) is 4.39 Å². The first kappa shape index (κ1) is 13.7. The highest BCUT2D eigenvalue weighted by Gasteiger charge is 2.26. The number of fused-ring (bicyclic) bond motifs is 1. The molecule has 1 amide bonds. The number of amides is 1. The van der Waals surface area contributed by atoms with Gasteiger partial charge in [0.05, 0.1) is 12.2 Å². The van der Waals surface area contributed by atoms with E-state index >= 15 is 0 Å². The molecule has 1 aliphatic rings. The van der Waals surface area contributed by atoms with Crippen molar-refractivity contribution in [2.45, 2.75) is 6.54 Å². The Balaban J connectivity index is 1.96. The van der Waals surface area contributed by atoms with Gasteiger partial charge in [0.2, 0.25) is 0 Å². The number of benzene rings is 2. The van der Waals surface area contributed by atoms with Crippen molar-refractivity contribution in [1.29, 1.82) is 0 Å². The van der Waals surface area contributed by atoms with Crippen LogP contribution < -0.4 is 15.4 Å². The molecule has 3 rings (SSSR count). The van der Waals surface area contributed by atoms with Gasteiger partial charge >= 0.3 is 0 Å². The fourth-order valence-electron chi connectivity index (χ4n) is 2.21. The summed E-state index contributed by atoms with van der Waals surface area (Å²) < 4.78 is 19.2. The van der Waals surface area contributed by atoms with E-state index in [0.717, 1.165) is 0 Å². The van der Waals surface area contributed by atoms with E-state index in [4.69, 9.17) is 22.1 Å². The van der Waals surface area contributed by atoms with Gasteiger partial charge in [0.1, 0.15) is 11.6 Å². The zero-order valence-corrected chi connectivity index (χ0v) is 11.7. The average Bonchev–Trinajstić information content (AvgIpc) is 2.44. The van der Waals surface area contributed by atoms with Gasteiger partial charge in [0.15, 0.2) is 6.61 Å². The van der Waals surface area contributed by atoms with Gasteiger partial charge < -0.3 is 15.4 Å². The average molecular weight is 307 g/mol. The summed E-state index contributed by atoms with van der Waals surface area (Å²) in [5.41, 5.74) is 7.20. The van der Waals surface area contributed by atoms with Gasteiger partial charge in [-0.3, -0.25) is 4.79 Å². The molecule has 108 valence electrons. The molecular weight excluding hydrogens is 295 g/mol. The Morgan fingerprint density at radius 3 is 2.86 bits per heavy atom. The molecule has 4 nitrogen and oxygen atoms in total. The quantitative estimate of drug-likeness (QED) is 0.868. The predicted molar refractivity (Wildman–Crippen MR) is 78.9 cm³/mol. The molecule has 0 bridgehead atoms. The Labute approximate surface area is 125 Å². The Kier molecular flexibility index (Phi) is 3.43. The molecule has 0 fully saturated rings. The summed E-state index contributed by atoms with van der Waals surface area (Å²) in [7, 11) is 0. The normalized spacial score (nSPS) is 13.8. The van der Waals surface area contributed by atoms with Crippen LogP contribution in [0.15, 0.2) is 36.4 Å². The van der Waals surface area contributed by atoms with E-state index in [-0.39, 0.29) is 19.1 Å². The van der Waals surface area contributed by atoms with Gasteiger partial charge in [0.25, 0.3) is 5.91 Å². The number of rotatable bonds is 2. The number of nitrogen functional groups attached to an aromatic ring is 1. The molecule has 21 heavy (non-hydrogen) atoms. The van der Waals surface area contributed by atoms with Crippen molar-refractivity contribution in [3.63, 3.8) is 0 Å². The number of ether oxygens (including phenoxy) is 1. The van der Waals surface area contributed by atoms with Crippen LogP contribution in [0.2, 0.25) is 5.02 Å². The number of nitrogens with two attached hydrogens (primary N) is 1. The third kappa shape index (κ3) is 2.64. The summed E-state index contributed by atoms with van der Waals surface area (Å²) in [4.78, 5) is 13.5. The molecule has 0 spiro atoms. The Morgan fingerprint density at radius 2 is 2.10 bits per heavy atom. The minimum atomic E-state index is -0.446. The lowest BCUT2D eigenvalue weighted by molar-refractivity contribution is -0.121. The third-order valence-electron chi connectivity index (χ3n) is 3.27. The summed E-state index contributed by atoms with van der Waals surface area (Å²) in [5, 5.41) is 0.317. The predicted octanol–water partition coefficient (Wildman–Crippen LogP) is 2.99. The minimum absolute atomic E-state index is 0.0916. The lowest BCUT2D eigenvalue weighted by atomic mass is 10.1. The van der Waals surface area contributed by atoms with E-state index in [1.54, 1.807) is 30.3 Å². The number of carbonyl (C=O) groups is 1. The van der Waals surface area contributed by atoms with Gasteiger partial charge in [-0.15, -0.1) is 0 Å². The van der Waals surface area contributed by atoms with Gasteiger partial charge in [-0.2, -0.15) is 0 Å². The summed E-state index contributed by atoms with van der Waals surface area (Å²) >= 11 is 5.73. The number of hydrogen-bond donors (Lipinski definition) is 1. The smallest absolute Gasteiger partial charge is 0.265 e. The fraction of sp³-hybridized carbons (Fsp3) is 0.133. The van der Waals surface area contributed by atoms with Gasteiger partial charge in [-0.1, -0.05) is 17.7 Å². The molecule has 0 unspecified atom stereocenters. The number of halogens is 2. The molecule has 2 aromatic carbocycles. The van der Waals surface area contributed by atoms with Gasteiger partial charge in [-0.05, 0) is 24.3 Å². The van der Waals surface area contributed by atoms with Crippen LogP contribution in [0.25, 0.3) is 0 Å². The van der Waals surface area contributed by atoms with Crippen LogP contribution in [0.4, 0.5) is 15.8 Å². The number of anilines is 2. The Hall–Kier alpha value is -2.27. The van der Waals surface area contributed by atoms with E-state index in [0.29, 0.717) is 27.7 Å². The van der Waals surface area contributed by atoms with Crippen molar-refractivity contribution >= 4 is 28.9 Å².